The summed E-state index contributed by atoms with van der Waals surface area (Å²) in [5.74, 6) is -10.1. The summed E-state index contributed by atoms with van der Waals surface area (Å²) < 4.78 is 60.3. The van der Waals surface area contributed by atoms with E-state index >= 15 is 0 Å². The maximum atomic E-state index is 14.1. The molecule has 35 heavy (non-hydrogen) atoms. The number of nitrogens with zero attached hydrogens (tertiary/aromatic N) is 2. The summed E-state index contributed by atoms with van der Waals surface area (Å²) in [6, 6.07) is 6.96. The molecule has 12 heteroatoms. The Kier molecular flexibility index (Phi) is 8.15. The van der Waals surface area contributed by atoms with Crippen LogP contribution in [0.15, 0.2) is 24.3 Å². The van der Waals surface area contributed by atoms with Crippen molar-refractivity contribution < 1.29 is 31.9 Å². The number of piperazine rings is 1. The second kappa shape index (κ2) is 10.9. The van der Waals surface area contributed by atoms with Crippen LogP contribution in [0.3, 0.4) is 0 Å². The van der Waals surface area contributed by atoms with Gasteiger partial charge in [-0.25, -0.2) is 8.78 Å². The third-order valence-corrected chi connectivity index (χ3v) is 5.66. The van der Waals surface area contributed by atoms with Crippen LogP contribution in [-0.4, -0.2) is 55.1 Å². The third-order valence-electron chi connectivity index (χ3n) is 5.46. The molecule has 0 bridgehead atoms. The van der Waals surface area contributed by atoms with Gasteiger partial charge in [-0.05, 0) is 36.5 Å². The predicted octanol–water partition coefficient (Wildman–Crippen LogP) is 3.68. The van der Waals surface area contributed by atoms with E-state index in [0.717, 1.165) is 12.8 Å². The van der Waals surface area contributed by atoms with Gasteiger partial charge < -0.3 is 19.9 Å². The van der Waals surface area contributed by atoms with Crippen molar-refractivity contribution in [3.8, 4) is 5.75 Å². The van der Waals surface area contributed by atoms with Gasteiger partial charge in [-0.3, -0.25) is 14.9 Å². The quantitative estimate of drug-likeness (QED) is 0.362. The van der Waals surface area contributed by atoms with E-state index < -0.39 is 40.5 Å². The van der Waals surface area contributed by atoms with Crippen LogP contribution in [0.25, 0.3) is 0 Å². The number of nitrogens with one attached hydrogen (secondary N) is 2. The van der Waals surface area contributed by atoms with Crippen LogP contribution in [0, 0.1) is 29.2 Å². The highest BCUT2D eigenvalue weighted by Gasteiger charge is 2.30. The van der Waals surface area contributed by atoms with Gasteiger partial charge in [0.1, 0.15) is 5.56 Å². The van der Waals surface area contributed by atoms with Crippen LogP contribution in [0.5, 0.6) is 5.75 Å². The number of anilines is 2. The van der Waals surface area contributed by atoms with Gasteiger partial charge in [0.2, 0.25) is 17.5 Å². The highest BCUT2D eigenvalue weighted by molar-refractivity contribution is 7.80. The number of methoxy groups -OCH3 is 1. The summed E-state index contributed by atoms with van der Waals surface area (Å²) in [4.78, 5) is 28.3. The summed E-state index contributed by atoms with van der Waals surface area (Å²) in [6.45, 7) is 6.32. The van der Waals surface area contributed by atoms with Crippen molar-refractivity contribution in [2.45, 2.75) is 13.8 Å². The van der Waals surface area contributed by atoms with Crippen molar-refractivity contribution in [2.24, 2.45) is 5.92 Å². The number of ether oxygens (including phenoxy) is 1. The van der Waals surface area contributed by atoms with E-state index in [1.165, 1.54) is 0 Å². The fourth-order valence-electron chi connectivity index (χ4n) is 3.62. The number of amides is 2. The molecular weight excluding hydrogens is 488 g/mol. The molecule has 2 aromatic rings. The van der Waals surface area contributed by atoms with Crippen LogP contribution in [-0.2, 0) is 4.79 Å². The van der Waals surface area contributed by atoms with Crippen LogP contribution < -0.4 is 20.3 Å². The normalized spacial score (nSPS) is 13.6. The number of carbonyl (C=O) groups excluding carboxylic acids is 2. The molecule has 0 unspecified atom stereocenters. The molecule has 0 aliphatic carbocycles. The highest BCUT2D eigenvalue weighted by atomic mass is 32.1. The number of hydrogen-bond donors (Lipinski definition) is 2. The second-order valence-electron chi connectivity index (χ2n) is 8.09. The fraction of sp³-hybridized carbons (Fsp3) is 0.348. The summed E-state index contributed by atoms with van der Waals surface area (Å²) in [5.41, 5.74) is -0.0911. The van der Waals surface area contributed by atoms with Crippen molar-refractivity contribution in [1.29, 1.82) is 0 Å². The van der Waals surface area contributed by atoms with Crippen LogP contribution in [0.1, 0.15) is 24.2 Å². The molecule has 0 atom stereocenters. The number of benzene rings is 2. The lowest BCUT2D eigenvalue weighted by Crippen LogP contribution is -2.49. The van der Waals surface area contributed by atoms with Gasteiger partial charge in [-0.2, -0.15) is 8.78 Å². The number of hydrogen-bond acceptors (Lipinski definition) is 5. The van der Waals surface area contributed by atoms with Crippen LogP contribution in [0.4, 0.5) is 28.9 Å². The first-order valence-electron chi connectivity index (χ1n) is 10.7. The predicted molar refractivity (Wildman–Crippen MR) is 127 cm³/mol. The van der Waals surface area contributed by atoms with E-state index in [9.17, 15) is 27.2 Å². The lowest BCUT2D eigenvalue weighted by Gasteiger charge is -2.37. The Morgan fingerprint density at radius 1 is 0.943 bits per heavy atom. The van der Waals surface area contributed by atoms with E-state index in [0.29, 0.717) is 31.9 Å². The minimum atomic E-state index is -1.90. The molecular formula is C23H24F4N4O3S. The summed E-state index contributed by atoms with van der Waals surface area (Å²) in [6.07, 6.45) is 0. The van der Waals surface area contributed by atoms with E-state index in [1.54, 1.807) is 24.3 Å². The van der Waals surface area contributed by atoms with Crippen molar-refractivity contribution in [1.82, 2.24) is 10.2 Å². The first kappa shape index (κ1) is 26.2. The first-order chi connectivity index (χ1) is 16.5. The Labute approximate surface area is 205 Å². The van der Waals surface area contributed by atoms with Gasteiger partial charge in [-0.15, -0.1) is 0 Å². The SMILES string of the molecule is COc1c(F)c(F)c(C(=O)NC(=S)Nc2ccc(N3CCN(C(=O)C(C)C)CC3)cc2)c(F)c1F. The topological polar surface area (TPSA) is 73.9 Å². The molecule has 3 rings (SSSR count). The fourth-order valence-corrected chi connectivity index (χ4v) is 3.83. The molecule has 1 aliphatic heterocycles. The summed E-state index contributed by atoms with van der Waals surface area (Å²) in [5, 5.41) is 4.33. The van der Waals surface area contributed by atoms with Crippen molar-refractivity contribution in [2.75, 3.05) is 43.5 Å². The highest BCUT2D eigenvalue weighted by Crippen LogP contribution is 2.29. The van der Waals surface area contributed by atoms with Gasteiger partial charge in [0.15, 0.2) is 22.5 Å². The van der Waals surface area contributed by atoms with E-state index in [-0.39, 0.29) is 16.9 Å². The standard InChI is InChI=1S/C23H24F4N4O3S/c1-12(2)22(33)31-10-8-30(9-11-31)14-6-4-13(5-7-14)28-23(35)29-21(32)15-16(24)18(26)20(34-3)19(27)17(15)25/h4-7,12H,8-11H2,1-3H3,(H2,28,29,32,35). The molecule has 7 nitrogen and oxygen atoms in total. The van der Waals surface area contributed by atoms with Crippen molar-refractivity contribution >= 4 is 40.5 Å². The van der Waals surface area contributed by atoms with Crippen LogP contribution >= 0.6 is 12.2 Å². The van der Waals surface area contributed by atoms with Crippen molar-refractivity contribution in [3.05, 3.63) is 53.1 Å². The maximum absolute atomic E-state index is 14.1. The van der Waals surface area contributed by atoms with Crippen molar-refractivity contribution in [3.63, 3.8) is 0 Å². The molecule has 0 saturated carbocycles. The Hall–Kier alpha value is -3.41. The van der Waals surface area contributed by atoms with E-state index in [1.807, 2.05) is 24.1 Å². The van der Waals surface area contributed by atoms with E-state index in [2.05, 4.69) is 15.0 Å². The molecule has 1 fully saturated rings. The molecule has 2 aromatic carbocycles. The Morgan fingerprint density at radius 3 is 1.97 bits per heavy atom. The Morgan fingerprint density at radius 2 is 1.49 bits per heavy atom. The Balaban J connectivity index is 1.61. The minimum absolute atomic E-state index is 0.0491. The zero-order chi connectivity index (χ0) is 25.9. The third kappa shape index (κ3) is 5.64. The number of carbonyl (C=O) groups is 2. The van der Waals surface area contributed by atoms with Gasteiger partial charge >= 0.3 is 0 Å². The zero-order valence-electron chi connectivity index (χ0n) is 19.3. The molecule has 1 saturated heterocycles. The average Bonchev–Trinajstić information content (AvgIpc) is 2.83. The smallest absolute Gasteiger partial charge is 0.263 e. The molecule has 1 heterocycles. The monoisotopic (exact) mass is 512 g/mol. The Bertz CT molecular complexity index is 1110. The second-order valence-corrected chi connectivity index (χ2v) is 8.49. The molecule has 0 aromatic heterocycles. The minimum Gasteiger partial charge on any atom is -0.491 e. The lowest BCUT2D eigenvalue weighted by atomic mass is 10.1. The molecule has 1 aliphatic rings. The zero-order valence-corrected chi connectivity index (χ0v) is 20.1. The molecule has 0 radical (unpaired) electrons. The van der Waals surface area contributed by atoms with Gasteiger partial charge in [-0.1, -0.05) is 13.8 Å². The maximum Gasteiger partial charge on any atom is 0.263 e. The number of rotatable bonds is 5. The molecule has 0 spiro atoms. The van der Waals surface area contributed by atoms with Gasteiger partial charge in [0.25, 0.3) is 5.91 Å². The van der Waals surface area contributed by atoms with Crippen LogP contribution in [0.2, 0.25) is 0 Å². The lowest BCUT2D eigenvalue weighted by molar-refractivity contribution is -0.134. The number of halogens is 4. The average molecular weight is 513 g/mol. The van der Waals surface area contributed by atoms with E-state index in [4.69, 9.17) is 12.2 Å². The molecule has 2 amide bonds. The van der Waals surface area contributed by atoms with Gasteiger partial charge in [0, 0.05) is 43.5 Å². The largest absolute Gasteiger partial charge is 0.491 e. The first-order valence-corrected chi connectivity index (χ1v) is 11.1. The number of thiocarbonyl (C=S) groups is 1. The molecule has 2 N–H and O–H groups in total. The van der Waals surface area contributed by atoms with Gasteiger partial charge in [0.05, 0.1) is 7.11 Å². The summed E-state index contributed by atoms with van der Waals surface area (Å²) >= 11 is 4.98. The molecule has 188 valence electrons. The summed E-state index contributed by atoms with van der Waals surface area (Å²) in [7, 11) is 0.832.